The van der Waals surface area contributed by atoms with E-state index in [0.29, 0.717) is 24.5 Å². The standard InChI is InChI=1S/C28H38N4O4S/c1-5-13-32-25-11-8-23(30-37(34,35)24-9-6-22(7-10-24)28(2,3)4)19-21(25)20-26(32)27(33)29-12-14-31-15-17-36-18-16-31/h6-11,19-20,30H,5,12-18H2,1-4H3,(H,29,33). The van der Waals surface area contributed by atoms with E-state index in [9.17, 15) is 13.2 Å². The summed E-state index contributed by atoms with van der Waals surface area (Å²) in [6.45, 7) is 13.6. The minimum Gasteiger partial charge on any atom is -0.379 e. The monoisotopic (exact) mass is 526 g/mol. The van der Waals surface area contributed by atoms with Gasteiger partial charge < -0.3 is 14.6 Å². The third-order valence-electron chi connectivity index (χ3n) is 6.68. The first kappa shape index (κ1) is 27.2. The molecule has 1 aliphatic rings. The number of aromatic nitrogens is 1. The number of hydrogen-bond donors (Lipinski definition) is 2. The molecule has 1 saturated heterocycles. The summed E-state index contributed by atoms with van der Waals surface area (Å²) in [6, 6.07) is 14.2. The zero-order chi connectivity index (χ0) is 26.6. The van der Waals surface area contributed by atoms with E-state index in [1.807, 2.05) is 28.8 Å². The Labute approximate surface area is 220 Å². The summed E-state index contributed by atoms with van der Waals surface area (Å²) < 4.78 is 36.2. The molecule has 4 rings (SSSR count). The summed E-state index contributed by atoms with van der Waals surface area (Å²) in [5, 5.41) is 3.86. The first-order valence-electron chi connectivity index (χ1n) is 12.9. The van der Waals surface area contributed by atoms with E-state index in [1.54, 1.807) is 24.3 Å². The van der Waals surface area contributed by atoms with Crippen LogP contribution in [0.5, 0.6) is 0 Å². The Balaban J connectivity index is 1.51. The number of carbonyl (C=O) groups excluding carboxylic acids is 1. The van der Waals surface area contributed by atoms with Crippen molar-refractivity contribution < 1.29 is 17.9 Å². The van der Waals surface area contributed by atoms with Gasteiger partial charge >= 0.3 is 0 Å². The smallest absolute Gasteiger partial charge is 0.267 e. The Morgan fingerprint density at radius 3 is 2.35 bits per heavy atom. The highest BCUT2D eigenvalue weighted by atomic mass is 32.2. The Kier molecular flexibility index (Phi) is 8.26. The SMILES string of the molecule is CCCn1c(C(=O)NCCN2CCOCC2)cc2cc(NS(=O)(=O)c3ccc(C(C)(C)C)cc3)ccc21. The number of sulfonamides is 1. The number of rotatable bonds is 9. The Morgan fingerprint density at radius 1 is 1.00 bits per heavy atom. The fraction of sp³-hybridized carbons (Fsp3) is 0.464. The number of nitrogens with one attached hydrogen (secondary N) is 2. The number of carbonyl (C=O) groups is 1. The molecule has 0 radical (unpaired) electrons. The summed E-state index contributed by atoms with van der Waals surface area (Å²) in [7, 11) is -3.75. The average molecular weight is 527 g/mol. The highest BCUT2D eigenvalue weighted by molar-refractivity contribution is 7.92. The molecular weight excluding hydrogens is 488 g/mol. The second kappa shape index (κ2) is 11.2. The molecule has 3 aromatic rings. The summed E-state index contributed by atoms with van der Waals surface area (Å²) >= 11 is 0. The highest BCUT2D eigenvalue weighted by Crippen LogP contribution is 2.27. The minimum absolute atomic E-state index is 0.0566. The molecule has 9 heteroatoms. The Bertz CT molecular complexity index is 1330. The van der Waals surface area contributed by atoms with Gasteiger partial charge in [0, 0.05) is 49.3 Å². The zero-order valence-corrected chi connectivity index (χ0v) is 23.0. The van der Waals surface area contributed by atoms with Crippen molar-refractivity contribution >= 4 is 32.5 Å². The fourth-order valence-electron chi connectivity index (χ4n) is 4.58. The lowest BCUT2D eigenvalue weighted by atomic mass is 9.87. The van der Waals surface area contributed by atoms with Gasteiger partial charge in [0.05, 0.1) is 18.1 Å². The first-order chi connectivity index (χ1) is 17.6. The fourth-order valence-corrected chi connectivity index (χ4v) is 5.63. The van der Waals surface area contributed by atoms with Crippen molar-refractivity contribution in [1.29, 1.82) is 0 Å². The second-order valence-electron chi connectivity index (χ2n) is 10.5. The molecule has 0 spiro atoms. The van der Waals surface area contributed by atoms with E-state index in [-0.39, 0.29) is 16.2 Å². The number of amides is 1. The molecule has 0 atom stereocenters. The van der Waals surface area contributed by atoms with E-state index < -0.39 is 10.0 Å². The number of nitrogens with zero attached hydrogens (tertiary/aromatic N) is 2. The summed E-state index contributed by atoms with van der Waals surface area (Å²) in [6.07, 6.45) is 0.872. The van der Waals surface area contributed by atoms with Gasteiger partial charge in [0.1, 0.15) is 5.69 Å². The van der Waals surface area contributed by atoms with E-state index in [1.165, 1.54) is 0 Å². The Hall–Kier alpha value is -2.88. The molecule has 1 aliphatic heterocycles. The third-order valence-corrected chi connectivity index (χ3v) is 8.08. The lowest BCUT2D eigenvalue weighted by Gasteiger charge is -2.26. The van der Waals surface area contributed by atoms with Crippen LogP contribution in [0.4, 0.5) is 5.69 Å². The summed E-state index contributed by atoms with van der Waals surface area (Å²) in [5.41, 5.74) is 2.95. The van der Waals surface area contributed by atoms with Gasteiger partial charge in [-0.2, -0.15) is 0 Å². The van der Waals surface area contributed by atoms with Crippen LogP contribution in [0.25, 0.3) is 10.9 Å². The molecule has 8 nitrogen and oxygen atoms in total. The van der Waals surface area contributed by atoms with E-state index in [2.05, 4.69) is 42.6 Å². The lowest BCUT2D eigenvalue weighted by molar-refractivity contribution is 0.0383. The maximum atomic E-state index is 13.1. The molecule has 1 amide bonds. The van der Waals surface area contributed by atoms with Crippen molar-refractivity contribution in [2.45, 2.75) is 51.0 Å². The number of aryl methyl sites for hydroxylation is 1. The quantitative estimate of drug-likeness (QED) is 0.436. The molecule has 37 heavy (non-hydrogen) atoms. The average Bonchev–Trinajstić information content (AvgIpc) is 3.22. The largest absolute Gasteiger partial charge is 0.379 e. The van der Waals surface area contributed by atoms with Crippen LogP contribution in [0.2, 0.25) is 0 Å². The number of benzene rings is 2. The number of anilines is 1. The van der Waals surface area contributed by atoms with Gasteiger partial charge in [-0.3, -0.25) is 14.4 Å². The van der Waals surface area contributed by atoms with E-state index in [4.69, 9.17) is 4.74 Å². The topological polar surface area (TPSA) is 92.7 Å². The van der Waals surface area contributed by atoms with Crippen LogP contribution in [-0.2, 0) is 26.7 Å². The maximum Gasteiger partial charge on any atom is 0.267 e. The van der Waals surface area contributed by atoms with Crippen LogP contribution in [0.1, 0.15) is 50.2 Å². The van der Waals surface area contributed by atoms with Crippen molar-refractivity contribution in [3.05, 3.63) is 59.8 Å². The van der Waals surface area contributed by atoms with Gasteiger partial charge in [0.25, 0.3) is 15.9 Å². The van der Waals surface area contributed by atoms with E-state index >= 15 is 0 Å². The molecule has 200 valence electrons. The third kappa shape index (κ3) is 6.52. The van der Waals surface area contributed by atoms with E-state index in [0.717, 1.165) is 55.7 Å². The number of morpholine rings is 1. The molecule has 2 aromatic carbocycles. The van der Waals surface area contributed by atoms with Gasteiger partial charge in [0.15, 0.2) is 0 Å². The number of ether oxygens (including phenoxy) is 1. The van der Waals surface area contributed by atoms with Crippen molar-refractivity contribution in [2.75, 3.05) is 44.1 Å². The molecular formula is C28H38N4O4S. The number of fused-ring (bicyclic) bond motifs is 1. The molecule has 0 saturated carbocycles. The van der Waals surface area contributed by atoms with Crippen molar-refractivity contribution in [3.63, 3.8) is 0 Å². The van der Waals surface area contributed by atoms with Crippen LogP contribution >= 0.6 is 0 Å². The van der Waals surface area contributed by atoms with Gasteiger partial charge in [-0.25, -0.2) is 8.42 Å². The Morgan fingerprint density at radius 2 is 1.70 bits per heavy atom. The predicted octanol–water partition coefficient (Wildman–Crippen LogP) is 4.21. The molecule has 2 N–H and O–H groups in total. The molecule has 1 fully saturated rings. The van der Waals surface area contributed by atoms with Gasteiger partial charge in [-0.1, -0.05) is 39.8 Å². The molecule has 1 aromatic heterocycles. The van der Waals surface area contributed by atoms with Crippen LogP contribution in [0.15, 0.2) is 53.4 Å². The number of hydrogen-bond acceptors (Lipinski definition) is 5. The molecule has 2 heterocycles. The molecule has 0 unspecified atom stereocenters. The first-order valence-corrected chi connectivity index (χ1v) is 14.4. The van der Waals surface area contributed by atoms with Gasteiger partial charge in [-0.05, 0) is 53.8 Å². The summed E-state index contributed by atoms with van der Waals surface area (Å²) in [4.78, 5) is 15.6. The van der Waals surface area contributed by atoms with Gasteiger partial charge in [0.2, 0.25) is 0 Å². The predicted molar refractivity (Wildman–Crippen MR) is 148 cm³/mol. The van der Waals surface area contributed by atoms with Crippen molar-refractivity contribution in [1.82, 2.24) is 14.8 Å². The molecule has 0 aliphatic carbocycles. The summed E-state index contributed by atoms with van der Waals surface area (Å²) in [5.74, 6) is -0.126. The van der Waals surface area contributed by atoms with Crippen LogP contribution < -0.4 is 10.0 Å². The highest BCUT2D eigenvalue weighted by Gasteiger charge is 2.20. The maximum absolute atomic E-state index is 13.1. The zero-order valence-electron chi connectivity index (χ0n) is 22.2. The van der Waals surface area contributed by atoms with Crippen LogP contribution in [0, 0.1) is 0 Å². The normalized spacial score (nSPS) is 15.1. The molecule has 0 bridgehead atoms. The van der Waals surface area contributed by atoms with Crippen LogP contribution in [-0.4, -0.2) is 63.2 Å². The van der Waals surface area contributed by atoms with Crippen LogP contribution in [0.3, 0.4) is 0 Å². The van der Waals surface area contributed by atoms with Crippen molar-refractivity contribution in [2.24, 2.45) is 0 Å². The lowest BCUT2D eigenvalue weighted by Crippen LogP contribution is -2.41. The van der Waals surface area contributed by atoms with Crippen molar-refractivity contribution in [3.8, 4) is 0 Å². The van der Waals surface area contributed by atoms with Gasteiger partial charge in [-0.15, -0.1) is 0 Å². The minimum atomic E-state index is -3.75. The second-order valence-corrected chi connectivity index (χ2v) is 12.2.